The Bertz CT molecular complexity index is 1150. The van der Waals surface area contributed by atoms with Gasteiger partial charge >= 0.3 is 0 Å². The van der Waals surface area contributed by atoms with Crippen molar-refractivity contribution in [3.8, 4) is 5.75 Å². The van der Waals surface area contributed by atoms with E-state index in [1.807, 2.05) is 12.1 Å². The van der Waals surface area contributed by atoms with E-state index in [-0.39, 0.29) is 4.91 Å². The molecule has 0 aliphatic carbocycles. The lowest BCUT2D eigenvalue weighted by atomic mass is 10.1. The van der Waals surface area contributed by atoms with Gasteiger partial charge in [0, 0.05) is 5.69 Å². The van der Waals surface area contributed by atoms with Gasteiger partial charge in [-0.2, -0.15) is 0 Å². The van der Waals surface area contributed by atoms with Crippen LogP contribution in [0.4, 0.5) is 5.69 Å². The van der Waals surface area contributed by atoms with Gasteiger partial charge < -0.3 is 4.74 Å². The summed E-state index contributed by atoms with van der Waals surface area (Å²) in [6.45, 7) is 0. The Kier molecular flexibility index (Phi) is 4.94. The van der Waals surface area contributed by atoms with Gasteiger partial charge in [-0.25, -0.2) is 8.42 Å². The number of methoxy groups -OCH3 is 1. The molecule has 1 unspecified atom stereocenters. The summed E-state index contributed by atoms with van der Waals surface area (Å²) in [6, 6.07) is 24.5. The van der Waals surface area contributed by atoms with Crippen LogP contribution in [0.3, 0.4) is 0 Å². The average molecular weight is 405 g/mol. The second-order valence-electron chi connectivity index (χ2n) is 6.60. The lowest BCUT2D eigenvalue weighted by Crippen LogP contribution is -2.28. The Balaban J connectivity index is 1.87. The molecule has 1 saturated heterocycles. The second-order valence-corrected chi connectivity index (χ2v) is 8.58. The summed E-state index contributed by atoms with van der Waals surface area (Å²) in [5, 5.41) is -1.11. The molecule has 0 radical (unpaired) electrons. The molecule has 1 heterocycles. The summed E-state index contributed by atoms with van der Waals surface area (Å²) in [6.07, 6.45) is 1.43. The molecule has 1 aliphatic heterocycles. The number of hydrogen-bond donors (Lipinski definition) is 0. The minimum absolute atomic E-state index is 0.222. The quantitative estimate of drug-likeness (QED) is 0.611. The summed E-state index contributed by atoms with van der Waals surface area (Å²) in [4.78, 5) is 14.4. The number of carbonyl (C=O) groups excluding carboxylic acids is 1. The Hall–Kier alpha value is -3.38. The van der Waals surface area contributed by atoms with Crippen LogP contribution in [0.1, 0.15) is 16.5 Å². The lowest BCUT2D eigenvalue weighted by Gasteiger charge is -2.23. The fourth-order valence-corrected chi connectivity index (χ4v) is 5.28. The highest BCUT2D eigenvalue weighted by molar-refractivity contribution is 7.97. The largest absolute Gasteiger partial charge is 0.497 e. The number of hydrogen-bond acceptors (Lipinski definition) is 4. The highest BCUT2D eigenvalue weighted by Crippen LogP contribution is 2.43. The van der Waals surface area contributed by atoms with Gasteiger partial charge in [0.2, 0.25) is 9.84 Å². The first-order chi connectivity index (χ1) is 14.0. The number of nitrogens with zero attached hydrogens (tertiary/aromatic N) is 1. The van der Waals surface area contributed by atoms with E-state index in [2.05, 4.69) is 0 Å². The highest BCUT2D eigenvalue weighted by Gasteiger charge is 2.50. The predicted octanol–water partition coefficient (Wildman–Crippen LogP) is 4.20. The zero-order chi connectivity index (χ0) is 20.4. The maximum atomic E-state index is 13.5. The maximum Gasteiger partial charge on any atom is 0.271 e. The van der Waals surface area contributed by atoms with E-state index >= 15 is 0 Å². The van der Waals surface area contributed by atoms with Crippen LogP contribution in [0.25, 0.3) is 6.08 Å². The number of sulfone groups is 1. The summed E-state index contributed by atoms with van der Waals surface area (Å²) < 4.78 is 32.1. The first-order valence-corrected chi connectivity index (χ1v) is 10.6. The van der Waals surface area contributed by atoms with Crippen LogP contribution in [0.15, 0.2) is 89.8 Å². The Morgan fingerprint density at radius 2 is 1.45 bits per heavy atom. The van der Waals surface area contributed by atoms with Gasteiger partial charge in [-0.3, -0.25) is 9.69 Å². The van der Waals surface area contributed by atoms with Crippen molar-refractivity contribution in [3.05, 3.63) is 101 Å². The van der Waals surface area contributed by atoms with Gasteiger partial charge in [-0.1, -0.05) is 60.7 Å². The molecular formula is C23H19NO4S. The molecule has 3 aromatic carbocycles. The zero-order valence-electron chi connectivity index (χ0n) is 15.7. The molecule has 1 aliphatic rings. The average Bonchev–Trinajstić information content (AvgIpc) is 2.95. The van der Waals surface area contributed by atoms with Crippen LogP contribution in [0, 0.1) is 0 Å². The fraction of sp³-hybridized carbons (Fsp3) is 0.0870. The van der Waals surface area contributed by atoms with Crippen LogP contribution < -0.4 is 9.64 Å². The predicted molar refractivity (Wildman–Crippen MR) is 113 cm³/mol. The molecule has 29 heavy (non-hydrogen) atoms. The number of amides is 1. The smallest absolute Gasteiger partial charge is 0.271 e. The zero-order valence-corrected chi connectivity index (χ0v) is 16.5. The fourth-order valence-electron chi connectivity index (χ4n) is 3.39. The molecule has 0 bridgehead atoms. The van der Waals surface area contributed by atoms with Crippen molar-refractivity contribution < 1.29 is 17.9 Å². The number of para-hydroxylation sites is 1. The third kappa shape index (κ3) is 3.43. The monoisotopic (exact) mass is 405 g/mol. The first-order valence-electron chi connectivity index (χ1n) is 9.05. The molecular weight excluding hydrogens is 386 g/mol. The summed E-state index contributed by atoms with van der Waals surface area (Å²) in [5.41, 5.74) is 1.69. The molecule has 6 heteroatoms. The van der Waals surface area contributed by atoms with Gasteiger partial charge in [-0.15, -0.1) is 0 Å². The topological polar surface area (TPSA) is 63.7 Å². The Morgan fingerprint density at radius 1 is 0.862 bits per heavy atom. The van der Waals surface area contributed by atoms with Crippen molar-refractivity contribution in [2.75, 3.05) is 12.0 Å². The second kappa shape index (κ2) is 7.56. The van der Waals surface area contributed by atoms with Gasteiger partial charge in [0.1, 0.15) is 10.7 Å². The van der Waals surface area contributed by atoms with Crippen LogP contribution in [0.5, 0.6) is 5.75 Å². The number of benzene rings is 3. The molecule has 1 atom stereocenters. The van der Waals surface area contributed by atoms with Crippen molar-refractivity contribution in [1.82, 2.24) is 0 Å². The van der Waals surface area contributed by atoms with Crippen LogP contribution in [0.2, 0.25) is 0 Å². The maximum absolute atomic E-state index is 13.5. The summed E-state index contributed by atoms with van der Waals surface area (Å²) in [7, 11) is -2.38. The van der Waals surface area contributed by atoms with Crippen molar-refractivity contribution >= 4 is 27.5 Å². The minimum Gasteiger partial charge on any atom is -0.497 e. The summed E-state index contributed by atoms with van der Waals surface area (Å²) in [5.74, 6) is 0.113. The van der Waals surface area contributed by atoms with E-state index in [9.17, 15) is 13.2 Å². The standard InChI is InChI=1S/C23H19NO4S/c1-28-20-14-12-17(13-15-20)16-21-22(25)24(19-10-6-3-7-11-19)23(29(21,26)27)18-8-4-2-5-9-18/h2-16,23H,1H3/b21-16-. The summed E-state index contributed by atoms with van der Waals surface area (Å²) >= 11 is 0. The normalized spacial score (nSPS) is 19.5. The van der Waals surface area contributed by atoms with E-state index in [4.69, 9.17) is 4.74 Å². The molecule has 5 nitrogen and oxygen atoms in total. The Labute approximate surface area is 169 Å². The molecule has 1 fully saturated rings. The molecule has 0 N–H and O–H groups in total. The van der Waals surface area contributed by atoms with Crippen LogP contribution >= 0.6 is 0 Å². The van der Waals surface area contributed by atoms with E-state index in [0.717, 1.165) is 0 Å². The van der Waals surface area contributed by atoms with E-state index in [1.165, 1.54) is 11.0 Å². The molecule has 0 saturated carbocycles. The van der Waals surface area contributed by atoms with E-state index in [1.54, 1.807) is 79.9 Å². The van der Waals surface area contributed by atoms with Gasteiger partial charge in [0.25, 0.3) is 5.91 Å². The molecule has 0 aromatic heterocycles. The number of ether oxygens (including phenoxy) is 1. The lowest BCUT2D eigenvalue weighted by molar-refractivity contribution is -0.114. The third-order valence-corrected chi connectivity index (χ3v) is 6.77. The first kappa shape index (κ1) is 19.0. The highest BCUT2D eigenvalue weighted by atomic mass is 32.2. The van der Waals surface area contributed by atoms with E-state index in [0.29, 0.717) is 22.6 Å². The SMILES string of the molecule is COc1ccc(/C=C2/C(=O)N(c3ccccc3)C(c3ccccc3)S2(=O)=O)cc1. The van der Waals surface area contributed by atoms with Gasteiger partial charge in [-0.05, 0) is 41.5 Å². The van der Waals surface area contributed by atoms with Gasteiger partial charge in [0.15, 0.2) is 5.37 Å². The number of rotatable bonds is 4. The van der Waals surface area contributed by atoms with Crippen molar-refractivity contribution in [2.45, 2.75) is 5.37 Å². The van der Waals surface area contributed by atoms with Crippen LogP contribution in [-0.4, -0.2) is 21.4 Å². The molecule has 4 rings (SSSR count). The van der Waals surface area contributed by atoms with Crippen molar-refractivity contribution in [3.63, 3.8) is 0 Å². The molecule has 3 aromatic rings. The van der Waals surface area contributed by atoms with Crippen molar-refractivity contribution in [2.24, 2.45) is 0 Å². The molecule has 146 valence electrons. The third-order valence-electron chi connectivity index (χ3n) is 4.80. The minimum atomic E-state index is -3.94. The van der Waals surface area contributed by atoms with E-state index < -0.39 is 21.1 Å². The Morgan fingerprint density at radius 3 is 2.03 bits per heavy atom. The van der Waals surface area contributed by atoms with Crippen molar-refractivity contribution in [1.29, 1.82) is 0 Å². The van der Waals surface area contributed by atoms with Gasteiger partial charge in [0.05, 0.1) is 7.11 Å². The number of carbonyl (C=O) groups is 1. The van der Waals surface area contributed by atoms with Crippen LogP contribution in [-0.2, 0) is 14.6 Å². The number of anilines is 1. The molecule has 0 spiro atoms. The molecule has 1 amide bonds.